The number of aryl methyl sites for hydroxylation is 1. The number of ether oxygens (including phenoxy) is 1. The number of hydrogen-bond donors (Lipinski definition) is 2. The molecule has 124 valence electrons. The van der Waals surface area contributed by atoms with Crippen LogP contribution in [0.5, 0.6) is 5.75 Å². The minimum absolute atomic E-state index is 0.0219. The van der Waals surface area contributed by atoms with Gasteiger partial charge >= 0.3 is 11.9 Å². The molecule has 0 saturated heterocycles. The molecule has 2 N–H and O–H groups in total. The van der Waals surface area contributed by atoms with Crippen molar-refractivity contribution in [2.75, 3.05) is 0 Å². The van der Waals surface area contributed by atoms with Crippen molar-refractivity contribution in [3.63, 3.8) is 0 Å². The topological polar surface area (TPSA) is 83.8 Å². The zero-order valence-corrected chi connectivity index (χ0v) is 13.1. The van der Waals surface area contributed by atoms with E-state index in [1.807, 2.05) is 36.4 Å². The SMILES string of the molecule is O=C(O)[C@]1(C(=O)OCc2ccccc2)CCc2cccc(O)c2C1. The minimum Gasteiger partial charge on any atom is -0.508 e. The van der Waals surface area contributed by atoms with E-state index in [1.165, 1.54) is 6.07 Å². The molecule has 0 unspecified atom stereocenters. The summed E-state index contributed by atoms with van der Waals surface area (Å²) >= 11 is 0. The third kappa shape index (κ3) is 2.85. The second kappa shape index (κ2) is 6.35. The Bertz CT molecular complexity index is 769. The van der Waals surface area contributed by atoms with Gasteiger partial charge in [-0.2, -0.15) is 0 Å². The molecule has 0 heterocycles. The highest BCUT2D eigenvalue weighted by Gasteiger charge is 2.50. The Balaban J connectivity index is 1.83. The van der Waals surface area contributed by atoms with E-state index in [4.69, 9.17) is 4.74 Å². The Morgan fingerprint density at radius 2 is 1.83 bits per heavy atom. The van der Waals surface area contributed by atoms with Gasteiger partial charge in [0.15, 0.2) is 5.41 Å². The van der Waals surface area contributed by atoms with E-state index >= 15 is 0 Å². The van der Waals surface area contributed by atoms with Crippen molar-refractivity contribution in [2.24, 2.45) is 5.41 Å². The number of phenols is 1. The summed E-state index contributed by atoms with van der Waals surface area (Å²) < 4.78 is 5.29. The normalized spacial score (nSPS) is 19.3. The number of carbonyl (C=O) groups excluding carboxylic acids is 1. The van der Waals surface area contributed by atoms with Crippen LogP contribution in [-0.2, 0) is 33.8 Å². The van der Waals surface area contributed by atoms with E-state index < -0.39 is 17.4 Å². The van der Waals surface area contributed by atoms with Crippen LogP contribution in [0.2, 0.25) is 0 Å². The first kappa shape index (κ1) is 16.1. The molecule has 5 heteroatoms. The fourth-order valence-electron chi connectivity index (χ4n) is 3.10. The molecule has 24 heavy (non-hydrogen) atoms. The molecule has 3 rings (SSSR count). The number of aliphatic carboxylic acids is 1. The lowest BCUT2D eigenvalue weighted by atomic mass is 9.71. The third-order valence-corrected chi connectivity index (χ3v) is 4.56. The van der Waals surface area contributed by atoms with Gasteiger partial charge in [-0.05, 0) is 35.6 Å². The molecule has 0 radical (unpaired) electrons. The molecular weight excluding hydrogens is 308 g/mol. The fourth-order valence-corrected chi connectivity index (χ4v) is 3.10. The second-order valence-electron chi connectivity index (χ2n) is 6.04. The molecule has 0 aromatic heterocycles. The zero-order chi connectivity index (χ0) is 17.2. The number of carboxylic acids is 1. The maximum absolute atomic E-state index is 12.6. The summed E-state index contributed by atoms with van der Waals surface area (Å²) in [6, 6.07) is 14.2. The molecule has 0 bridgehead atoms. The summed E-state index contributed by atoms with van der Waals surface area (Å²) in [6.45, 7) is 0.0301. The lowest BCUT2D eigenvalue weighted by molar-refractivity contribution is -0.171. The van der Waals surface area contributed by atoms with E-state index in [1.54, 1.807) is 6.07 Å². The minimum atomic E-state index is -1.65. The highest BCUT2D eigenvalue weighted by Crippen LogP contribution is 2.40. The summed E-state index contributed by atoms with van der Waals surface area (Å²) in [4.78, 5) is 24.4. The predicted octanol–water partition coefficient (Wildman–Crippen LogP) is 2.70. The van der Waals surface area contributed by atoms with Gasteiger partial charge in [-0.1, -0.05) is 42.5 Å². The number of aromatic hydroxyl groups is 1. The largest absolute Gasteiger partial charge is 0.508 e. The first-order valence-electron chi connectivity index (χ1n) is 7.77. The molecule has 0 saturated carbocycles. The zero-order valence-electron chi connectivity index (χ0n) is 13.1. The van der Waals surface area contributed by atoms with Crippen LogP contribution in [0, 0.1) is 5.41 Å². The molecule has 0 aliphatic heterocycles. The van der Waals surface area contributed by atoms with E-state index in [2.05, 4.69) is 0 Å². The highest BCUT2D eigenvalue weighted by molar-refractivity contribution is 6.00. The average Bonchev–Trinajstić information content (AvgIpc) is 2.60. The van der Waals surface area contributed by atoms with E-state index in [0.717, 1.165) is 11.1 Å². The maximum Gasteiger partial charge on any atom is 0.324 e. The Morgan fingerprint density at radius 1 is 1.08 bits per heavy atom. The molecular formula is C19H18O5. The van der Waals surface area contributed by atoms with E-state index in [0.29, 0.717) is 12.0 Å². The number of hydrogen-bond acceptors (Lipinski definition) is 4. The van der Waals surface area contributed by atoms with Gasteiger partial charge in [0, 0.05) is 6.42 Å². The quantitative estimate of drug-likeness (QED) is 0.667. The Kier molecular flexibility index (Phi) is 4.25. The average molecular weight is 326 g/mol. The monoisotopic (exact) mass is 326 g/mol. The molecule has 2 aromatic rings. The van der Waals surface area contributed by atoms with Crippen molar-refractivity contribution in [1.29, 1.82) is 0 Å². The van der Waals surface area contributed by atoms with Crippen LogP contribution in [0.25, 0.3) is 0 Å². The Hall–Kier alpha value is -2.82. The molecule has 1 aliphatic carbocycles. The number of rotatable bonds is 4. The van der Waals surface area contributed by atoms with Gasteiger partial charge in [-0.3, -0.25) is 9.59 Å². The van der Waals surface area contributed by atoms with Crippen LogP contribution in [-0.4, -0.2) is 22.2 Å². The van der Waals surface area contributed by atoms with Crippen molar-refractivity contribution in [3.8, 4) is 5.75 Å². The molecule has 0 spiro atoms. The van der Waals surface area contributed by atoms with Gasteiger partial charge in [0.1, 0.15) is 12.4 Å². The first-order chi connectivity index (χ1) is 11.5. The van der Waals surface area contributed by atoms with Crippen LogP contribution in [0.4, 0.5) is 0 Å². The van der Waals surface area contributed by atoms with E-state index in [9.17, 15) is 19.8 Å². The molecule has 2 aromatic carbocycles. The van der Waals surface area contributed by atoms with Crippen LogP contribution in [0.1, 0.15) is 23.1 Å². The van der Waals surface area contributed by atoms with Crippen LogP contribution in [0.15, 0.2) is 48.5 Å². The summed E-state index contributed by atoms with van der Waals surface area (Å²) in [5.41, 5.74) is 0.539. The van der Waals surface area contributed by atoms with Crippen molar-refractivity contribution in [1.82, 2.24) is 0 Å². The van der Waals surface area contributed by atoms with Gasteiger partial charge < -0.3 is 14.9 Å². The van der Waals surface area contributed by atoms with Crippen LogP contribution in [0.3, 0.4) is 0 Å². The second-order valence-corrected chi connectivity index (χ2v) is 6.04. The van der Waals surface area contributed by atoms with Gasteiger partial charge in [-0.15, -0.1) is 0 Å². The molecule has 5 nitrogen and oxygen atoms in total. The van der Waals surface area contributed by atoms with Gasteiger partial charge in [-0.25, -0.2) is 0 Å². The highest BCUT2D eigenvalue weighted by atomic mass is 16.5. The number of phenolic OH excluding ortho intramolecular Hbond substituents is 1. The van der Waals surface area contributed by atoms with Crippen molar-refractivity contribution in [2.45, 2.75) is 25.9 Å². The van der Waals surface area contributed by atoms with Gasteiger partial charge in [0.2, 0.25) is 0 Å². The lowest BCUT2D eigenvalue weighted by Crippen LogP contribution is -2.45. The summed E-state index contributed by atoms with van der Waals surface area (Å²) in [5, 5.41) is 19.7. The smallest absolute Gasteiger partial charge is 0.324 e. The van der Waals surface area contributed by atoms with E-state index in [-0.39, 0.29) is 25.2 Å². The number of esters is 1. The standard InChI is InChI=1S/C19H18O5/c20-16-8-4-7-14-9-10-19(17(21)22,11-15(14)16)18(23)24-12-13-5-2-1-3-6-13/h1-8,20H,9-12H2,(H,21,22)/t19-/m0/s1. The van der Waals surface area contributed by atoms with Crippen LogP contribution < -0.4 is 0 Å². The lowest BCUT2D eigenvalue weighted by Gasteiger charge is -2.32. The predicted molar refractivity (Wildman–Crippen MR) is 86.4 cm³/mol. The summed E-state index contributed by atoms with van der Waals surface area (Å²) in [7, 11) is 0. The number of carboxylic acid groups (broad SMARTS) is 1. The molecule has 1 aliphatic rings. The molecule has 0 amide bonds. The third-order valence-electron chi connectivity index (χ3n) is 4.56. The van der Waals surface area contributed by atoms with Crippen molar-refractivity contribution in [3.05, 3.63) is 65.2 Å². The Morgan fingerprint density at radius 3 is 2.54 bits per heavy atom. The Labute approximate surface area is 139 Å². The number of benzene rings is 2. The van der Waals surface area contributed by atoms with Gasteiger partial charge in [0.05, 0.1) is 0 Å². The summed E-state index contributed by atoms with van der Waals surface area (Å²) in [5.74, 6) is -1.95. The first-order valence-corrected chi connectivity index (χ1v) is 7.77. The molecule has 0 fully saturated rings. The van der Waals surface area contributed by atoms with Crippen LogP contribution >= 0.6 is 0 Å². The van der Waals surface area contributed by atoms with Crippen molar-refractivity contribution >= 4 is 11.9 Å². The van der Waals surface area contributed by atoms with Crippen molar-refractivity contribution < 1.29 is 24.5 Å². The van der Waals surface area contributed by atoms with Gasteiger partial charge in [0.25, 0.3) is 0 Å². The summed E-state index contributed by atoms with van der Waals surface area (Å²) in [6.07, 6.45) is 0.515. The molecule has 1 atom stereocenters. The fraction of sp³-hybridized carbons (Fsp3) is 0.263. The number of fused-ring (bicyclic) bond motifs is 1. The maximum atomic E-state index is 12.6. The number of carbonyl (C=O) groups is 2.